The predicted octanol–water partition coefficient (Wildman–Crippen LogP) is 4.88. The van der Waals surface area contributed by atoms with E-state index in [9.17, 15) is 4.79 Å². The fourth-order valence-electron chi connectivity index (χ4n) is 2.71. The van der Waals surface area contributed by atoms with Crippen LogP contribution in [0.2, 0.25) is 0 Å². The minimum absolute atomic E-state index is 0.114. The number of carbonyl (C=O) groups is 1. The molecule has 0 aliphatic carbocycles. The van der Waals surface area contributed by atoms with Gasteiger partial charge in [0, 0.05) is 18.0 Å². The highest BCUT2D eigenvalue weighted by Crippen LogP contribution is 2.42. The maximum absolute atomic E-state index is 12.1. The van der Waals surface area contributed by atoms with Crippen molar-refractivity contribution < 1.29 is 19.0 Å². The summed E-state index contributed by atoms with van der Waals surface area (Å²) in [6.45, 7) is 3.66. The zero-order valence-electron chi connectivity index (χ0n) is 14.7. The molecule has 1 aliphatic rings. The van der Waals surface area contributed by atoms with Crippen LogP contribution in [0.5, 0.6) is 11.5 Å². The van der Waals surface area contributed by atoms with Gasteiger partial charge >= 0.3 is 6.09 Å². The molecule has 0 spiro atoms. The molecule has 7 heteroatoms. The van der Waals surface area contributed by atoms with E-state index in [2.05, 4.69) is 40.2 Å². The monoisotopic (exact) mass is 495 g/mol. The number of carbonyl (C=O) groups excluding carboxylic acids is 1. The van der Waals surface area contributed by atoms with Crippen molar-refractivity contribution in [2.75, 3.05) is 13.2 Å². The van der Waals surface area contributed by atoms with Gasteiger partial charge in [0.2, 0.25) is 0 Å². The van der Waals surface area contributed by atoms with Gasteiger partial charge in [-0.15, -0.1) is 11.3 Å². The minimum atomic E-state index is -0.482. The van der Waals surface area contributed by atoms with Crippen molar-refractivity contribution in [1.82, 2.24) is 5.32 Å². The lowest BCUT2D eigenvalue weighted by molar-refractivity contribution is 0.198. The standard InChI is InChI=1S/C20H18INO4S/c1-12-11-27-19-16(25-9-13-5-3-2-4-6-13)7-15(18(21)17(12)19)26-20(23)22-8-14-10-24-14/h2-7,11,14H,8-10H2,1H3,(H,22,23)/t14-/m1/s1. The van der Waals surface area contributed by atoms with E-state index in [1.807, 2.05) is 30.3 Å². The summed E-state index contributed by atoms with van der Waals surface area (Å²) in [7, 11) is 0. The molecule has 0 saturated carbocycles. The first-order chi connectivity index (χ1) is 13.1. The zero-order valence-corrected chi connectivity index (χ0v) is 17.6. The number of ether oxygens (including phenoxy) is 3. The van der Waals surface area contributed by atoms with E-state index >= 15 is 0 Å². The van der Waals surface area contributed by atoms with Crippen LogP contribution in [-0.4, -0.2) is 25.3 Å². The lowest BCUT2D eigenvalue weighted by Gasteiger charge is -2.13. The number of aryl methyl sites for hydroxylation is 1. The van der Waals surface area contributed by atoms with Gasteiger partial charge in [0.25, 0.3) is 0 Å². The highest BCUT2D eigenvalue weighted by molar-refractivity contribution is 14.1. The van der Waals surface area contributed by atoms with E-state index in [1.54, 1.807) is 17.4 Å². The summed E-state index contributed by atoms with van der Waals surface area (Å²) in [4.78, 5) is 12.1. The summed E-state index contributed by atoms with van der Waals surface area (Å²) >= 11 is 3.86. The number of nitrogens with one attached hydrogen (secondary N) is 1. The Morgan fingerprint density at radius 1 is 1.33 bits per heavy atom. The summed E-state index contributed by atoms with van der Waals surface area (Å²) in [5, 5.41) is 5.89. The first kappa shape index (κ1) is 18.5. The van der Waals surface area contributed by atoms with Gasteiger partial charge in [0.1, 0.15) is 12.4 Å². The molecule has 1 fully saturated rings. The van der Waals surface area contributed by atoms with Crippen LogP contribution in [0.1, 0.15) is 11.1 Å². The number of halogens is 1. The van der Waals surface area contributed by atoms with Crippen molar-refractivity contribution in [2.45, 2.75) is 19.6 Å². The Morgan fingerprint density at radius 3 is 2.85 bits per heavy atom. The largest absolute Gasteiger partial charge is 0.487 e. The Morgan fingerprint density at radius 2 is 2.11 bits per heavy atom. The smallest absolute Gasteiger partial charge is 0.412 e. The predicted molar refractivity (Wildman–Crippen MR) is 114 cm³/mol. The summed E-state index contributed by atoms with van der Waals surface area (Å²) in [6, 6.07) is 11.8. The Labute approximate surface area is 174 Å². The molecule has 1 amide bonds. The first-order valence-corrected chi connectivity index (χ1v) is 10.5. The van der Waals surface area contributed by atoms with Crippen molar-refractivity contribution in [3.05, 3.63) is 56.5 Å². The zero-order chi connectivity index (χ0) is 18.8. The lowest BCUT2D eigenvalue weighted by Crippen LogP contribution is -2.30. The fourth-order valence-corrected chi connectivity index (χ4v) is 4.88. The number of thiophene rings is 1. The third kappa shape index (κ3) is 4.36. The van der Waals surface area contributed by atoms with Crippen LogP contribution < -0.4 is 14.8 Å². The summed E-state index contributed by atoms with van der Waals surface area (Å²) < 4.78 is 18.7. The highest BCUT2D eigenvalue weighted by atomic mass is 127. The second-order valence-electron chi connectivity index (χ2n) is 6.31. The molecule has 0 radical (unpaired) electrons. The number of epoxide rings is 1. The highest BCUT2D eigenvalue weighted by Gasteiger charge is 2.24. The van der Waals surface area contributed by atoms with Crippen LogP contribution in [0.25, 0.3) is 10.1 Å². The van der Waals surface area contributed by atoms with E-state index < -0.39 is 6.09 Å². The SMILES string of the molecule is Cc1csc2c(OCc3ccccc3)cc(OC(=O)NC[C@@H]3CO3)c(I)c12. The second-order valence-corrected chi connectivity index (χ2v) is 8.27. The number of hydrogen-bond donors (Lipinski definition) is 1. The van der Waals surface area contributed by atoms with Gasteiger partial charge in [-0.05, 0) is 46.0 Å². The fraction of sp³-hybridized carbons (Fsp3) is 0.250. The van der Waals surface area contributed by atoms with E-state index in [0.717, 1.165) is 30.5 Å². The normalized spacial score (nSPS) is 15.6. The van der Waals surface area contributed by atoms with Gasteiger partial charge in [0.15, 0.2) is 5.75 Å². The third-order valence-corrected chi connectivity index (χ3v) is 6.40. The average molecular weight is 495 g/mol. The summed E-state index contributed by atoms with van der Waals surface area (Å²) in [6.07, 6.45) is -0.368. The molecular formula is C20H18INO4S. The average Bonchev–Trinajstić information content (AvgIpc) is 3.43. The molecule has 140 valence electrons. The van der Waals surface area contributed by atoms with Crippen molar-refractivity contribution in [1.29, 1.82) is 0 Å². The molecule has 1 aromatic heterocycles. The Balaban J connectivity index is 1.59. The van der Waals surface area contributed by atoms with Gasteiger partial charge in [0.05, 0.1) is 21.0 Å². The van der Waals surface area contributed by atoms with E-state index in [1.165, 1.54) is 0 Å². The molecule has 1 atom stereocenters. The molecule has 1 aliphatic heterocycles. The van der Waals surface area contributed by atoms with E-state index in [-0.39, 0.29) is 6.10 Å². The molecule has 5 nitrogen and oxygen atoms in total. The van der Waals surface area contributed by atoms with Crippen LogP contribution in [0.4, 0.5) is 4.79 Å². The molecular weight excluding hydrogens is 477 g/mol. The lowest BCUT2D eigenvalue weighted by atomic mass is 10.2. The molecule has 3 aromatic rings. The number of amides is 1. The maximum Gasteiger partial charge on any atom is 0.412 e. The van der Waals surface area contributed by atoms with Gasteiger partial charge in [-0.1, -0.05) is 30.3 Å². The van der Waals surface area contributed by atoms with E-state index in [4.69, 9.17) is 14.2 Å². The van der Waals surface area contributed by atoms with Gasteiger partial charge in [-0.3, -0.25) is 0 Å². The third-order valence-electron chi connectivity index (χ3n) is 4.21. The van der Waals surface area contributed by atoms with Gasteiger partial charge in [-0.25, -0.2) is 4.79 Å². The van der Waals surface area contributed by atoms with Crippen molar-refractivity contribution in [2.24, 2.45) is 0 Å². The molecule has 1 N–H and O–H groups in total. The minimum Gasteiger partial charge on any atom is -0.487 e. The maximum atomic E-state index is 12.1. The summed E-state index contributed by atoms with van der Waals surface area (Å²) in [5.74, 6) is 1.22. The van der Waals surface area contributed by atoms with Crippen molar-refractivity contribution >= 4 is 50.1 Å². The number of rotatable bonds is 6. The van der Waals surface area contributed by atoms with Crippen LogP contribution >= 0.6 is 33.9 Å². The quantitative estimate of drug-likeness (QED) is 0.391. The molecule has 0 bridgehead atoms. The Bertz CT molecular complexity index is 969. The van der Waals surface area contributed by atoms with Crippen molar-refractivity contribution in [3.63, 3.8) is 0 Å². The van der Waals surface area contributed by atoms with Crippen LogP contribution in [0.3, 0.4) is 0 Å². The van der Waals surface area contributed by atoms with Crippen molar-refractivity contribution in [3.8, 4) is 11.5 Å². The molecule has 1 saturated heterocycles. The first-order valence-electron chi connectivity index (χ1n) is 8.56. The number of benzene rings is 2. The van der Waals surface area contributed by atoms with E-state index in [0.29, 0.717) is 25.5 Å². The molecule has 4 rings (SSSR count). The van der Waals surface area contributed by atoms with Gasteiger partial charge in [-0.2, -0.15) is 0 Å². The van der Waals surface area contributed by atoms with Crippen LogP contribution in [0, 0.1) is 10.5 Å². The Hall–Kier alpha value is -1.84. The Kier molecular flexibility index (Phi) is 5.51. The number of hydrogen-bond acceptors (Lipinski definition) is 5. The van der Waals surface area contributed by atoms with Gasteiger partial charge < -0.3 is 19.5 Å². The molecule has 2 aromatic carbocycles. The number of fused-ring (bicyclic) bond motifs is 1. The van der Waals surface area contributed by atoms with Crippen LogP contribution in [0.15, 0.2) is 41.8 Å². The molecule has 2 heterocycles. The topological polar surface area (TPSA) is 60.1 Å². The molecule has 27 heavy (non-hydrogen) atoms. The summed E-state index contributed by atoms with van der Waals surface area (Å²) in [5.41, 5.74) is 2.23. The second kappa shape index (κ2) is 8.04. The molecule has 0 unspecified atom stereocenters. The van der Waals surface area contributed by atoms with Crippen LogP contribution in [-0.2, 0) is 11.3 Å².